The molecule has 2 aliphatic heterocycles. The van der Waals surface area contributed by atoms with Gasteiger partial charge in [-0.05, 0) is 56.8 Å². The van der Waals surface area contributed by atoms with Crippen LogP contribution in [-0.2, 0) is 11.3 Å². The first-order chi connectivity index (χ1) is 11.4. The van der Waals surface area contributed by atoms with E-state index in [4.69, 9.17) is 0 Å². The van der Waals surface area contributed by atoms with E-state index in [-0.39, 0.29) is 23.7 Å². The van der Waals surface area contributed by atoms with Crippen LogP contribution in [0.5, 0.6) is 0 Å². The third-order valence-electron chi connectivity index (χ3n) is 5.75. The Labute approximate surface area is 142 Å². The van der Waals surface area contributed by atoms with Gasteiger partial charge in [-0.25, -0.2) is 4.39 Å². The Bertz CT molecular complexity index is 616. The van der Waals surface area contributed by atoms with E-state index in [1.54, 1.807) is 19.2 Å². The zero-order chi connectivity index (χ0) is 17.4. The Morgan fingerprint density at radius 1 is 1.42 bits per heavy atom. The van der Waals surface area contributed by atoms with Gasteiger partial charge in [0.05, 0.1) is 17.8 Å². The van der Waals surface area contributed by atoms with Crippen molar-refractivity contribution in [3.05, 3.63) is 29.8 Å². The number of hydrogen-bond donors (Lipinski definition) is 1. The van der Waals surface area contributed by atoms with Gasteiger partial charge in [-0.2, -0.15) is 0 Å². The second kappa shape index (κ2) is 6.41. The molecule has 0 aliphatic carbocycles. The second-order valence-electron chi connectivity index (χ2n) is 7.65. The minimum absolute atomic E-state index is 0.00279. The van der Waals surface area contributed by atoms with Crippen molar-refractivity contribution in [1.29, 1.82) is 0 Å². The van der Waals surface area contributed by atoms with Gasteiger partial charge in [-0.1, -0.05) is 0 Å². The summed E-state index contributed by atoms with van der Waals surface area (Å²) in [6.07, 6.45) is 4.38. The number of aromatic nitrogens is 1. The van der Waals surface area contributed by atoms with Crippen molar-refractivity contribution in [2.45, 2.75) is 45.2 Å². The van der Waals surface area contributed by atoms with E-state index >= 15 is 0 Å². The number of amides is 1. The second-order valence-corrected chi connectivity index (χ2v) is 7.65. The molecule has 1 N–H and O–H groups in total. The van der Waals surface area contributed by atoms with Gasteiger partial charge in [0.25, 0.3) is 0 Å². The summed E-state index contributed by atoms with van der Waals surface area (Å²) in [7, 11) is 0. The number of halogens is 1. The third kappa shape index (κ3) is 3.17. The molecule has 24 heavy (non-hydrogen) atoms. The molecule has 132 valence electrons. The average molecular weight is 335 g/mol. The maximum absolute atomic E-state index is 13.8. The van der Waals surface area contributed by atoms with E-state index in [0.29, 0.717) is 18.8 Å². The number of aliphatic hydroxyl groups is 1. The minimum Gasteiger partial charge on any atom is -0.394 e. The van der Waals surface area contributed by atoms with Gasteiger partial charge in [0.1, 0.15) is 5.82 Å². The number of piperidine rings is 1. The van der Waals surface area contributed by atoms with Gasteiger partial charge >= 0.3 is 0 Å². The van der Waals surface area contributed by atoms with Crippen LogP contribution < -0.4 is 0 Å². The number of carbonyl (C=O) groups excluding carboxylic acids is 1. The normalized spacial score (nSPS) is 26.9. The fourth-order valence-electron chi connectivity index (χ4n) is 4.39. The lowest BCUT2D eigenvalue weighted by Crippen LogP contribution is -2.46. The Morgan fingerprint density at radius 3 is 2.67 bits per heavy atom. The number of carbonyl (C=O) groups is 1. The molecule has 1 aromatic heterocycles. The highest BCUT2D eigenvalue weighted by molar-refractivity contribution is 5.74. The largest absolute Gasteiger partial charge is 0.394 e. The lowest BCUT2D eigenvalue weighted by molar-refractivity contribution is -0.134. The van der Waals surface area contributed by atoms with E-state index in [2.05, 4.69) is 9.88 Å². The molecule has 5 nitrogen and oxygen atoms in total. The molecule has 2 saturated heterocycles. The molecule has 1 spiro atoms. The van der Waals surface area contributed by atoms with Crippen LogP contribution in [-0.4, -0.2) is 57.6 Å². The van der Waals surface area contributed by atoms with E-state index in [9.17, 15) is 14.3 Å². The van der Waals surface area contributed by atoms with E-state index in [1.165, 1.54) is 6.07 Å². The summed E-state index contributed by atoms with van der Waals surface area (Å²) in [6, 6.07) is 3.05. The fourth-order valence-corrected chi connectivity index (χ4v) is 4.39. The van der Waals surface area contributed by atoms with Crippen LogP contribution in [0.4, 0.5) is 4.39 Å². The average Bonchev–Trinajstić information content (AvgIpc) is 2.86. The maximum Gasteiger partial charge on any atom is 0.219 e. The van der Waals surface area contributed by atoms with Crippen LogP contribution in [0.3, 0.4) is 0 Å². The Morgan fingerprint density at radius 2 is 2.12 bits per heavy atom. The monoisotopic (exact) mass is 335 g/mol. The molecule has 1 aromatic rings. The Balaban J connectivity index is 1.65. The molecule has 0 aromatic carbocycles. The molecule has 2 fully saturated rings. The molecule has 0 unspecified atom stereocenters. The van der Waals surface area contributed by atoms with Crippen LogP contribution in [0.25, 0.3) is 0 Å². The number of pyridine rings is 1. The highest BCUT2D eigenvalue weighted by Crippen LogP contribution is 2.48. The molecular weight excluding hydrogens is 309 g/mol. The smallest absolute Gasteiger partial charge is 0.219 e. The summed E-state index contributed by atoms with van der Waals surface area (Å²) >= 11 is 0. The first-order valence-electron chi connectivity index (χ1n) is 8.58. The van der Waals surface area contributed by atoms with Gasteiger partial charge in [-0.3, -0.25) is 14.7 Å². The molecule has 0 bridgehead atoms. The molecule has 0 radical (unpaired) electrons. The van der Waals surface area contributed by atoms with Crippen LogP contribution in [0, 0.1) is 11.2 Å². The van der Waals surface area contributed by atoms with Gasteiger partial charge in [-0.15, -0.1) is 0 Å². The summed E-state index contributed by atoms with van der Waals surface area (Å²) in [5.41, 5.74) is 0.106. The van der Waals surface area contributed by atoms with Crippen molar-refractivity contribution < 1.29 is 14.3 Å². The molecule has 6 heteroatoms. The summed E-state index contributed by atoms with van der Waals surface area (Å²) in [4.78, 5) is 20.1. The first kappa shape index (κ1) is 17.3. The standard InChI is InChI=1S/C18H26FN3O2/c1-14(24)22-12-18(11-17(22,2)13-23)5-8-21(9-6-18)10-16-15(19)4-3-7-20-16/h3-4,7,23H,5-6,8-13H2,1-2H3/t17-/m1/s1. The van der Waals surface area contributed by atoms with Gasteiger partial charge in [0.2, 0.25) is 5.91 Å². The summed E-state index contributed by atoms with van der Waals surface area (Å²) in [5.74, 6) is -0.226. The molecule has 2 aliphatic rings. The van der Waals surface area contributed by atoms with Crippen molar-refractivity contribution in [2.24, 2.45) is 5.41 Å². The van der Waals surface area contributed by atoms with Crippen molar-refractivity contribution in [3.63, 3.8) is 0 Å². The van der Waals surface area contributed by atoms with Crippen molar-refractivity contribution in [1.82, 2.24) is 14.8 Å². The summed E-state index contributed by atoms with van der Waals surface area (Å²) in [6.45, 7) is 6.51. The van der Waals surface area contributed by atoms with Crippen LogP contribution in [0.15, 0.2) is 18.3 Å². The summed E-state index contributed by atoms with van der Waals surface area (Å²) < 4.78 is 13.8. The topological polar surface area (TPSA) is 56.7 Å². The molecular formula is C18H26FN3O2. The van der Waals surface area contributed by atoms with Crippen LogP contribution in [0.1, 0.15) is 38.8 Å². The van der Waals surface area contributed by atoms with E-state index < -0.39 is 5.54 Å². The summed E-state index contributed by atoms with van der Waals surface area (Å²) in [5, 5.41) is 9.78. The van der Waals surface area contributed by atoms with Gasteiger partial charge in [0, 0.05) is 26.2 Å². The number of rotatable bonds is 3. The zero-order valence-electron chi connectivity index (χ0n) is 14.5. The predicted octanol–water partition coefficient (Wildman–Crippen LogP) is 1.81. The SMILES string of the molecule is CC(=O)N1CC2(CCN(Cc3ncccc3F)CC2)C[C@]1(C)CO. The lowest BCUT2D eigenvalue weighted by atomic mass is 9.74. The number of nitrogens with zero attached hydrogens (tertiary/aromatic N) is 3. The molecule has 3 heterocycles. The van der Waals surface area contributed by atoms with Crippen molar-refractivity contribution in [3.8, 4) is 0 Å². The highest BCUT2D eigenvalue weighted by Gasteiger charge is 2.52. The van der Waals surface area contributed by atoms with Crippen LogP contribution in [0.2, 0.25) is 0 Å². The molecule has 1 amide bonds. The number of aliphatic hydroxyl groups excluding tert-OH is 1. The number of hydrogen-bond acceptors (Lipinski definition) is 4. The molecule has 0 saturated carbocycles. The van der Waals surface area contributed by atoms with Crippen molar-refractivity contribution >= 4 is 5.91 Å². The minimum atomic E-state index is -0.457. The van der Waals surface area contributed by atoms with Gasteiger partial charge < -0.3 is 10.0 Å². The lowest BCUT2D eigenvalue weighted by Gasteiger charge is -2.39. The van der Waals surface area contributed by atoms with Crippen LogP contribution >= 0.6 is 0 Å². The maximum atomic E-state index is 13.8. The predicted molar refractivity (Wildman–Crippen MR) is 88.6 cm³/mol. The van der Waals surface area contributed by atoms with Gasteiger partial charge in [0.15, 0.2) is 0 Å². The fraction of sp³-hybridized carbons (Fsp3) is 0.667. The number of likely N-dealkylation sites (tertiary alicyclic amines) is 2. The molecule has 3 rings (SSSR count). The first-order valence-corrected chi connectivity index (χ1v) is 8.58. The van der Waals surface area contributed by atoms with E-state index in [0.717, 1.165) is 32.4 Å². The highest BCUT2D eigenvalue weighted by atomic mass is 19.1. The van der Waals surface area contributed by atoms with E-state index in [1.807, 2.05) is 11.8 Å². The quantitative estimate of drug-likeness (QED) is 0.915. The molecule has 1 atom stereocenters. The third-order valence-corrected chi connectivity index (χ3v) is 5.75. The zero-order valence-corrected chi connectivity index (χ0v) is 14.5. The Hall–Kier alpha value is -1.53. The Kier molecular flexibility index (Phi) is 4.62. The van der Waals surface area contributed by atoms with Crippen molar-refractivity contribution in [2.75, 3.05) is 26.2 Å².